The summed E-state index contributed by atoms with van der Waals surface area (Å²) in [6.45, 7) is 11.3. The summed E-state index contributed by atoms with van der Waals surface area (Å²) in [5.74, 6) is -1.33. The molecule has 0 aromatic rings. The minimum Gasteiger partial charge on any atom is -0.481 e. The van der Waals surface area contributed by atoms with Crippen LogP contribution >= 0.6 is 0 Å². The van der Waals surface area contributed by atoms with Crippen molar-refractivity contribution in [1.29, 1.82) is 0 Å². The molecular weight excluding hydrogens is 306 g/mol. The zero-order chi connectivity index (χ0) is 18.4. The monoisotopic (exact) mass is 335 g/mol. The molecule has 4 atom stereocenters. The zero-order valence-electron chi connectivity index (χ0n) is 15.5. The molecule has 0 aliphatic heterocycles. The highest BCUT2D eigenvalue weighted by Crippen LogP contribution is 2.65. The lowest BCUT2D eigenvalue weighted by atomic mass is 9.79. The molecule has 5 nitrogen and oxygen atoms in total. The molecule has 2 aliphatic carbocycles. The third kappa shape index (κ3) is 3.40. The molecule has 0 aromatic heterocycles. The van der Waals surface area contributed by atoms with E-state index in [0.717, 1.165) is 6.42 Å². The van der Waals surface area contributed by atoms with Gasteiger partial charge in [-0.2, -0.15) is 0 Å². The van der Waals surface area contributed by atoms with Gasteiger partial charge in [0.05, 0.1) is 12.0 Å². The molecule has 2 aliphatic rings. The Hall–Kier alpha value is -1.65. The van der Waals surface area contributed by atoms with Crippen molar-refractivity contribution in [2.45, 2.75) is 60.4 Å². The van der Waals surface area contributed by atoms with Crippen LogP contribution in [0, 0.1) is 28.6 Å². The average molecular weight is 335 g/mol. The molecular formula is C19H29NO4. The fourth-order valence-electron chi connectivity index (χ4n) is 4.26. The van der Waals surface area contributed by atoms with Crippen molar-refractivity contribution in [3.63, 3.8) is 0 Å². The number of hydrogen-bond acceptors (Lipinski definition) is 3. The van der Waals surface area contributed by atoms with Crippen LogP contribution < -0.4 is 5.32 Å². The van der Waals surface area contributed by atoms with E-state index < -0.39 is 23.3 Å². The Morgan fingerprint density at radius 3 is 2.33 bits per heavy atom. The number of carbonyl (C=O) groups is 3. The van der Waals surface area contributed by atoms with Crippen LogP contribution in [0.15, 0.2) is 11.6 Å². The molecule has 0 radical (unpaired) electrons. The smallest absolute Gasteiger partial charge is 0.307 e. The summed E-state index contributed by atoms with van der Waals surface area (Å²) in [5, 5.41) is 12.4. The van der Waals surface area contributed by atoms with Gasteiger partial charge in [-0.1, -0.05) is 40.7 Å². The lowest BCUT2D eigenvalue weighted by molar-refractivity contribution is -0.143. The van der Waals surface area contributed by atoms with Gasteiger partial charge in [0.1, 0.15) is 0 Å². The number of carboxylic acids is 1. The summed E-state index contributed by atoms with van der Waals surface area (Å²) in [7, 11) is 0. The normalized spacial score (nSPS) is 29.6. The van der Waals surface area contributed by atoms with E-state index in [1.54, 1.807) is 0 Å². The maximum Gasteiger partial charge on any atom is 0.307 e. The Kier molecular flexibility index (Phi) is 4.68. The number of allylic oxidation sites excluding steroid dienone is 1. The first-order chi connectivity index (χ1) is 10.9. The highest BCUT2D eigenvalue weighted by molar-refractivity contribution is 6.02. The van der Waals surface area contributed by atoms with Crippen molar-refractivity contribution in [3.05, 3.63) is 11.6 Å². The van der Waals surface area contributed by atoms with Gasteiger partial charge in [-0.05, 0) is 41.1 Å². The van der Waals surface area contributed by atoms with Gasteiger partial charge in [0.15, 0.2) is 5.78 Å². The van der Waals surface area contributed by atoms with Crippen LogP contribution in [0.3, 0.4) is 0 Å². The molecule has 1 amide bonds. The Labute approximate surface area is 143 Å². The number of aliphatic carboxylic acids is 1. The number of hydrogen-bond donors (Lipinski definition) is 2. The van der Waals surface area contributed by atoms with Crippen LogP contribution in [0.4, 0.5) is 0 Å². The van der Waals surface area contributed by atoms with E-state index in [9.17, 15) is 19.5 Å². The molecule has 1 saturated carbocycles. The number of ketones is 1. The largest absolute Gasteiger partial charge is 0.481 e. The summed E-state index contributed by atoms with van der Waals surface area (Å²) >= 11 is 0. The first-order valence-electron chi connectivity index (χ1n) is 8.60. The average Bonchev–Trinajstić information content (AvgIpc) is 3.03. The fourth-order valence-corrected chi connectivity index (χ4v) is 4.26. The molecule has 2 rings (SSSR count). The maximum atomic E-state index is 13.0. The molecule has 1 fully saturated rings. The molecule has 5 heteroatoms. The Morgan fingerprint density at radius 2 is 1.88 bits per heavy atom. The van der Waals surface area contributed by atoms with Crippen LogP contribution in [-0.4, -0.2) is 28.8 Å². The maximum absolute atomic E-state index is 13.0. The van der Waals surface area contributed by atoms with Gasteiger partial charge < -0.3 is 10.4 Å². The van der Waals surface area contributed by atoms with Crippen molar-refractivity contribution >= 4 is 17.7 Å². The van der Waals surface area contributed by atoms with Crippen LogP contribution in [0.5, 0.6) is 0 Å². The van der Waals surface area contributed by atoms with Crippen molar-refractivity contribution < 1.29 is 19.5 Å². The van der Waals surface area contributed by atoms with E-state index in [0.29, 0.717) is 11.5 Å². The van der Waals surface area contributed by atoms with E-state index >= 15 is 0 Å². The van der Waals surface area contributed by atoms with Crippen molar-refractivity contribution in [2.75, 3.05) is 0 Å². The SMILES string of the molecule is CC(=O)N[C@H](C(=O)C1=CC[C@H]2[C@@H]([C@@H](C(=O)O)C1)C2(C)C)C(C)(C)C. The summed E-state index contributed by atoms with van der Waals surface area (Å²) < 4.78 is 0. The highest BCUT2D eigenvalue weighted by atomic mass is 16.4. The molecule has 134 valence electrons. The molecule has 0 heterocycles. The molecule has 2 N–H and O–H groups in total. The zero-order valence-corrected chi connectivity index (χ0v) is 15.5. The first-order valence-corrected chi connectivity index (χ1v) is 8.60. The first kappa shape index (κ1) is 18.7. The van der Waals surface area contributed by atoms with Crippen molar-refractivity contribution in [2.24, 2.45) is 28.6 Å². The number of rotatable bonds is 4. The predicted octanol–water partition coefficient (Wildman–Crippen LogP) is 2.80. The minimum absolute atomic E-state index is 0.0230. The molecule has 0 unspecified atom stereocenters. The van der Waals surface area contributed by atoms with Crippen LogP contribution in [-0.2, 0) is 14.4 Å². The Balaban J connectivity index is 2.28. The van der Waals surface area contributed by atoms with E-state index in [1.807, 2.05) is 26.8 Å². The summed E-state index contributed by atoms with van der Waals surface area (Å²) in [5.41, 5.74) is 0.144. The van der Waals surface area contributed by atoms with Crippen molar-refractivity contribution in [3.8, 4) is 0 Å². The fraction of sp³-hybridized carbons (Fsp3) is 0.737. The van der Waals surface area contributed by atoms with Gasteiger partial charge in [0.2, 0.25) is 5.91 Å². The predicted molar refractivity (Wildman–Crippen MR) is 91.3 cm³/mol. The standard InChI is InChI=1S/C19H29NO4/c1-10(21)20-16(18(2,3)4)15(22)11-7-8-13-14(19(13,5)6)12(9-11)17(23)24/h7,12-14,16H,8-9H2,1-6H3,(H,20,21)(H,23,24)/t12-,13-,14+,16+/m0/s1. The van der Waals surface area contributed by atoms with Crippen LogP contribution in [0.1, 0.15) is 54.4 Å². The summed E-state index contributed by atoms with van der Waals surface area (Å²) in [4.78, 5) is 36.2. The summed E-state index contributed by atoms with van der Waals surface area (Å²) in [6, 6.07) is -0.641. The van der Waals surface area contributed by atoms with Crippen molar-refractivity contribution in [1.82, 2.24) is 5.32 Å². The quantitative estimate of drug-likeness (QED) is 0.827. The van der Waals surface area contributed by atoms with Gasteiger partial charge in [0.25, 0.3) is 0 Å². The van der Waals surface area contributed by atoms with E-state index in [1.165, 1.54) is 6.92 Å². The minimum atomic E-state index is -0.831. The summed E-state index contributed by atoms with van der Waals surface area (Å²) in [6.07, 6.45) is 2.91. The highest BCUT2D eigenvalue weighted by Gasteiger charge is 2.62. The Morgan fingerprint density at radius 1 is 1.29 bits per heavy atom. The molecule has 0 aromatic carbocycles. The molecule has 0 spiro atoms. The van der Waals surface area contributed by atoms with E-state index in [2.05, 4.69) is 19.2 Å². The topological polar surface area (TPSA) is 83.5 Å². The lowest BCUT2D eigenvalue weighted by Crippen LogP contribution is -2.49. The second kappa shape index (κ2) is 6.01. The van der Waals surface area contributed by atoms with Gasteiger partial charge >= 0.3 is 5.97 Å². The third-order valence-corrected chi connectivity index (χ3v) is 5.74. The third-order valence-electron chi connectivity index (χ3n) is 5.74. The Bertz CT molecular complexity index is 597. The number of carboxylic acid groups (broad SMARTS) is 1. The second-order valence-electron chi connectivity index (χ2n) is 8.93. The van der Waals surface area contributed by atoms with E-state index in [-0.39, 0.29) is 29.4 Å². The lowest BCUT2D eigenvalue weighted by Gasteiger charge is -2.31. The number of fused-ring (bicyclic) bond motifs is 1. The number of nitrogens with one attached hydrogen (secondary N) is 1. The number of carbonyl (C=O) groups excluding carboxylic acids is 2. The van der Waals surface area contributed by atoms with Crippen LogP contribution in [0.2, 0.25) is 0 Å². The second-order valence-corrected chi connectivity index (χ2v) is 8.93. The van der Waals surface area contributed by atoms with Gasteiger partial charge in [0, 0.05) is 6.92 Å². The van der Waals surface area contributed by atoms with Gasteiger partial charge in [-0.3, -0.25) is 14.4 Å². The van der Waals surface area contributed by atoms with Crippen LogP contribution in [0.25, 0.3) is 0 Å². The molecule has 0 saturated heterocycles. The van der Waals surface area contributed by atoms with E-state index in [4.69, 9.17) is 0 Å². The molecule has 24 heavy (non-hydrogen) atoms. The molecule has 0 bridgehead atoms. The number of Topliss-reactive ketones (excluding diaryl/α,β-unsaturated/α-hetero) is 1. The van der Waals surface area contributed by atoms with Gasteiger partial charge in [-0.15, -0.1) is 0 Å². The number of amides is 1. The van der Waals surface area contributed by atoms with Gasteiger partial charge in [-0.25, -0.2) is 0 Å².